The molecule has 0 heterocycles. The second kappa shape index (κ2) is 7.34. The van der Waals surface area contributed by atoms with Crippen LogP contribution < -0.4 is 10.1 Å². The molecule has 2 unspecified atom stereocenters. The predicted octanol–water partition coefficient (Wildman–Crippen LogP) is 2.91. The molecule has 0 spiro atoms. The van der Waals surface area contributed by atoms with Crippen LogP contribution in [0.3, 0.4) is 0 Å². The van der Waals surface area contributed by atoms with Crippen LogP contribution in [0.5, 0.6) is 5.75 Å². The molecule has 0 bridgehead atoms. The summed E-state index contributed by atoms with van der Waals surface area (Å²) in [5, 5.41) is 3.13. The monoisotopic (exact) mass is 255 g/mol. The van der Waals surface area contributed by atoms with Crippen molar-refractivity contribution in [3.8, 4) is 5.75 Å². The van der Waals surface area contributed by atoms with Gasteiger partial charge in [-0.2, -0.15) is 0 Å². The van der Waals surface area contributed by atoms with Crippen molar-refractivity contribution in [3.05, 3.63) is 29.6 Å². The molecule has 0 saturated heterocycles. The van der Waals surface area contributed by atoms with Crippen molar-refractivity contribution >= 4 is 0 Å². The van der Waals surface area contributed by atoms with Gasteiger partial charge in [-0.05, 0) is 27.0 Å². The van der Waals surface area contributed by atoms with Gasteiger partial charge in [-0.3, -0.25) is 0 Å². The molecule has 1 aromatic carbocycles. The van der Waals surface area contributed by atoms with Crippen LogP contribution >= 0.6 is 0 Å². The highest BCUT2D eigenvalue weighted by molar-refractivity contribution is 5.36. The van der Waals surface area contributed by atoms with Crippen molar-refractivity contribution in [2.24, 2.45) is 0 Å². The van der Waals surface area contributed by atoms with Gasteiger partial charge in [0.1, 0.15) is 11.6 Å². The maximum atomic E-state index is 13.3. The second-order valence-electron chi connectivity index (χ2n) is 4.40. The zero-order valence-electron chi connectivity index (χ0n) is 11.5. The lowest BCUT2D eigenvalue weighted by Gasteiger charge is -2.20. The fraction of sp³-hybridized carbons (Fsp3) is 0.571. The lowest BCUT2D eigenvalue weighted by Crippen LogP contribution is -2.18. The largest absolute Gasteiger partial charge is 0.490 e. The van der Waals surface area contributed by atoms with E-state index in [0.717, 1.165) is 12.0 Å². The molecule has 0 aliphatic rings. The molecule has 0 radical (unpaired) electrons. The van der Waals surface area contributed by atoms with E-state index < -0.39 is 0 Å². The summed E-state index contributed by atoms with van der Waals surface area (Å²) in [6.07, 6.45) is 0.773. The van der Waals surface area contributed by atoms with Gasteiger partial charge >= 0.3 is 0 Å². The van der Waals surface area contributed by atoms with E-state index in [0.29, 0.717) is 12.4 Å². The molecule has 0 aliphatic carbocycles. The molecule has 102 valence electrons. The Morgan fingerprint density at radius 2 is 2.06 bits per heavy atom. The summed E-state index contributed by atoms with van der Waals surface area (Å²) in [4.78, 5) is 0. The molecule has 0 aliphatic heterocycles. The van der Waals surface area contributed by atoms with Crippen LogP contribution in [0.15, 0.2) is 18.2 Å². The summed E-state index contributed by atoms with van der Waals surface area (Å²) in [6, 6.07) is 4.77. The molecule has 1 N–H and O–H groups in total. The fourth-order valence-corrected chi connectivity index (χ4v) is 1.68. The molecule has 1 aromatic rings. The Bertz CT molecular complexity index is 371. The smallest absolute Gasteiger partial charge is 0.127 e. The first kappa shape index (κ1) is 14.9. The highest BCUT2D eigenvalue weighted by atomic mass is 19.1. The third-order valence-electron chi connectivity index (χ3n) is 2.93. The van der Waals surface area contributed by atoms with Gasteiger partial charge in [-0.1, -0.05) is 6.07 Å². The van der Waals surface area contributed by atoms with Crippen LogP contribution in [-0.2, 0) is 4.74 Å². The Kier molecular flexibility index (Phi) is 6.09. The average Bonchev–Trinajstić information content (AvgIpc) is 2.35. The molecule has 4 heteroatoms. The van der Waals surface area contributed by atoms with Crippen molar-refractivity contribution < 1.29 is 13.9 Å². The summed E-state index contributed by atoms with van der Waals surface area (Å²) >= 11 is 0. The number of nitrogens with one attached hydrogen (secondary N) is 1. The van der Waals surface area contributed by atoms with E-state index in [9.17, 15) is 4.39 Å². The van der Waals surface area contributed by atoms with E-state index in [4.69, 9.17) is 9.47 Å². The van der Waals surface area contributed by atoms with E-state index in [1.54, 1.807) is 13.2 Å². The Labute approximate surface area is 108 Å². The van der Waals surface area contributed by atoms with Gasteiger partial charge in [-0.15, -0.1) is 0 Å². The molecule has 0 saturated carbocycles. The van der Waals surface area contributed by atoms with Gasteiger partial charge in [0.05, 0.1) is 6.10 Å². The van der Waals surface area contributed by atoms with Gasteiger partial charge in [0.25, 0.3) is 0 Å². The van der Waals surface area contributed by atoms with E-state index in [1.807, 2.05) is 20.9 Å². The number of hydrogen-bond acceptors (Lipinski definition) is 3. The first-order valence-electron chi connectivity index (χ1n) is 6.20. The number of methoxy groups -OCH3 is 1. The first-order valence-corrected chi connectivity index (χ1v) is 6.20. The molecule has 18 heavy (non-hydrogen) atoms. The number of halogens is 1. The predicted molar refractivity (Wildman–Crippen MR) is 70.5 cm³/mol. The maximum absolute atomic E-state index is 13.3. The quantitative estimate of drug-likeness (QED) is 0.812. The highest BCUT2D eigenvalue weighted by Crippen LogP contribution is 2.27. The minimum Gasteiger partial charge on any atom is -0.490 e. The first-order chi connectivity index (χ1) is 8.58. The van der Waals surface area contributed by atoms with Gasteiger partial charge in [0.2, 0.25) is 0 Å². The molecular weight excluding hydrogens is 233 g/mol. The van der Waals surface area contributed by atoms with Crippen LogP contribution in [0.25, 0.3) is 0 Å². The van der Waals surface area contributed by atoms with Crippen LogP contribution in [0, 0.1) is 5.82 Å². The zero-order valence-corrected chi connectivity index (χ0v) is 11.5. The Morgan fingerprint density at radius 1 is 1.33 bits per heavy atom. The maximum Gasteiger partial charge on any atom is 0.127 e. The molecule has 0 amide bonds. The van der Waals surface area contributed by atoms with E-state index in [-0.39, 0.29) is 18.0 Å². The highest BCUT2D eigenvalue weighted by Gasteiger charge is 2.13. The Morgan fingerprint density at radius 3 is 2.67 bits per heavy atom. The lowest BCUT2D eigenvalue weighted by molar-refractivity contribution is 0.134. The topological polar surface area (TPSA) is 30.5 Å². The van der Waals surface area contributed by atoms with E-state index in [1.165, 1.54) is 12.1 Å². The average molecular weight is 255 g/mol. The van der Waals surface area contributed by atoms with Crippen molar-refractivity contribution in [2.75, 3.05) is 20.8 Å². The van der Waals surface area contributed by atoms with Gasteiger partial charge in [0, 0.05) is 37.8 Å². The number of hydrogen-bond donors (Lipinski definition) is 1. The third-order valence-corrected chi connectivity index (χ3v) is 2.93. The van der Waals surface area contributed by atoms with Crippen molar-refractivity contribution in [3.63, 3.8) is 0 Å². The van der Waals surface area contributed by atoms with E-state index >= 15 is 0 Å². The molecule has 1 rings (SSSR count). The number of benzene rings is 1. The number of ether oxygens (including phenoxy) is 2. The standard InChI is InChI=1S/C14H22FNO2/c1-10(7-8-17-4)18-14-9-12(15)5-6-13(14)11(2)16-3/h5-6,9-11,16H,7-8H2,1-4H3. The van der Waals surface area contributed by atoms with Crippen LogP contribution in [0.4, 0.5) is 4.39 Å². The number of rotatable bonds is 7. The molecule has 3 nitrogen and oxygen atoms in total. The molecule has 2 atom stereocenters. The minimum absolute atomic E-state index is 0.00504. The zero-order chi connectivity index (χ0) is 13.5. The minimum atomic E-state index is -0.281. The Hall–Kier alpha value is -1.13. The van der Waals surface area contributed by atoms with Crippen LogP contribution in [-0.4, -0.2) is 26.9 Å². The summed E-state index contributed by atoms with van der Waals surface area (Å²) in [5.41, 5.74) is 0.961. The summed E-state index contributed by atoms with van der Waals surface area (Å²) in [7, 11) is 3.52. The normalized spacial score (nSPS) is 14.3. The second-order valence-corrected chi connectivity index (χ2v) is 4.40. The Balaban J connectivity index is 2.81. The lowest BCUT2D eigenvalue weighted by atomic mass is 10.1. The fourth-order valence-electron chi connectivity index (χ4n) is 1.68. The van der Waals surface area contributed by atoms with Gasteiger partial charge < -0.3 is 14.8 Å². The van der Waals surface area contributed by atoms with E-state index in [2.05, 4.69) is 5.32 Å². The molecule has 0 fully saturated rings. The van der Waals surface area contributed by atoms with Crippen molar-refractivity contribution in [1.82, 2.24) is 5.32 Å². The molecule has 0 aromatic heterocycles. The summed E-state index contributed by atoms with van der Waals surface area (Å²) in [6.45, 7) is 4.60. The molecular formula is C14H22FNO2. The van der Waals surface area contributed by atoms with Crippen LogP contribution in [0.1, 0.15) is 31.9 Å². The van der Waals surface area contributed by atoms with Gasteiger partial charge in [0.15, 0.2) is 0 Å². The SMILES string of the molecule is CNC(C)c1ccc(F)cc1OC(C)CCOC. The summed E-state index contributed by atoms with van der Waals surface area (Å²) in [5.74, 6) is 0.316. The van der Waals surface area contributed by atoms with Gasteiger partial charge in [-0.25, -0.2) is 4.39 Å². The van der Waals surface area contributed by atoms with Crippen LogP contribution in [0.2, 0.25) is 0 Å². The third kappa shape index (κ3) is 4.27. The van der Waals surface area contributed by atoms with Crippen molar-refractivity contribution in [1.29, 1.82) is 0 Å². The van der Waals surface area contributed by atoms with Crippen molar-refractivity contribution in [2.45, 2.75) is 32.4 Å². The summed E-state index contributed by atoms with van der Waals surface area (Å²) < 4.78 is 24.1.